The van der Waals surface area contributed by atoms with E-state index in [4.69, 9.17) is 25.9 Å². The summed E-state index contributed by atoms with van der Waals surface area (Å²) < 4.78 is 13.0. The predicted octanol–water partition coefficient (Wildman–Crippen LogP) is 9.62. The van der Waals surface area contributed by atoms with Crippen LogP contribution in [-0.2, 0) is 29.7 Å². The van der Waals surface area contributed by atoms with Gasteiger partial charge < -0.3 is 8.85 Å². The van der Waals surface area contributed by atoms with Crippen molar-refractivity contribution in [3.05, 3.63) is 89.5 Å². The van der Waals surface area contributed by atoms with Crippen LogP contribution in [0.3, 0.4) is 0 Å². The Morgan fingerprint density at radius 2 is 1.28 bits per heavy atom. The van der Waals surface area contributed by atoms with Crippen LogP contribution in [0.25, 0.3) is 12.2 Å². The molecule has 0 aromatic heterocycles. The molecule has 0 bridgehead atoms. The van der Waals surface area contributed by atoms with Gasteiger partial charge >= 0.3 is 37.9 Å². The Bertz CT molecular complexity index is 998. The average Bonchev–Trinajstić information content (AvgIpc) is 3.44. The summed E-state index contributed by atoms with van der Waals surface area (Å²) in [5.74, 6) is 0.622. The van der Waals surface area contributed by atoms with Crippen molar-refractivity contribution in [3.8, 4) is 0 Å². The Morgan fingerprint density at radius 1 is 0.806 bits per heavy atom. The second-order valence-corrected chi connectivity index (χ2v) is 24.3. The molecule has 36 heavy (non-hydrogen) atoms. The van der Waals surface area contributed by atoms with Crippen LogP contribution in [0.15, 0.2) is 60.7 Å². The third kappa shape index (κ3) is 7.88. The summed E-state index contributed by atoms with van der Waals surface area (Å²) in [6.45, 7) is 16.5. The monoisotopic (exact) mass is 635 g/mol. The van der Waals surface area contributed by atoms with Gasteiger partial charge in [0.2, 0.25) is 0 Å². The first kappa shape index (κ1) is 30.3. The van der Waals surface area contributed by atoms with Gasteiger partial charge in [-0.25, -0.2) is 6.61 Å². The van der Waals surface area contributed by atoms with Gasteiger partial charge in [-0.1, -0.05) is 79.3 Å². The van der Waals surface area contributed by atoms with Crippen LogP contribution in [0.2, 0.25) is 39.3 Å². The van der Waals surface area contributed by atoms with Crippen molar-refractivity contribution in [1.82, 2.24) is 0 Å². The van der Waals surface area contributed by atoms with Gasteiger partial charge in [0.1, 0.15) is 8.32 Å². The van der Waals surface area contributed by atoms with Crippen LogP contribution in [0, 0.1) is 12.0 Å². The number of benzene rings is 2. The first-order valence-corrected chi connectivity index (χ1v) is 25.8. The zero-order valence-electron chi connectivity index (χ0n) is 22.4. The fourth-order valence-corrected chi connectivity index (χ4v) is 6.56. The number of allylic oxidation sites excluding steroid dienone is 2. The maximum atomic E-state index is 6.77. The maximum absolute atomic E-state index is 6.77. The predicted molar refractivity (Wildman–Crippen MR) is 158 cm³/mol. The zero-order valence-corrected chi connectivity index (χ0v) is 28.3. The van der Waals surface area contributed by atoms with E-state index in [1.54, 1.807) is 0 Å². The molecule has 7 heteroatoms. The Balaban J connectivity index is 0.00000115. The van der Waals surface area contributed by atoms with E-state index in [0.29, 0.717) is 11.8 Å². The molecule has 2 aliphatic rings. The van der Waals surface area contributed by atoms with Crippen molar-refractivity contribution < 1.29 is 29.7 Å². The number of hydrogen-bond donors (Lipinski definition) is 0. The minimum atomic E-state index is -1.71. The van der Waals surface area contributed by atoms with Crippen LogP contribution in [0.1, 0.15) is 46.9 Å². The van der Waals surface area contributed by atoms with Crippen LogP contribution >= 0.6 is 17.0 Å². The van der Waals surface area contributed by atoms with Crippen molar-refractivity contribution in [3.63, 3.8) is 0 Å². The molecule has 2 nitrogen and oxygen atoms in total. The molecule has 0 amide bonds. The van der Waals surface area contributed by atoms with E-state index in [1.807, 2.05) is 0 Å². The summed E-state index contributed by atoms with van der Waals surface area (Å²) in [5.41, 5.74) is 5.47. The molecule has 0 radical (unpaired) electrons. The van der Waals surface area contributed by atoms with Gasteiger partial charge in [-0.05, 0) is 61.5 Å². The molecule has 2 atom stereocenters. The quantitative estimate of drug-likeness (QED) is 0.147. The van der Waals surface area contributed by atoms with Crippen molar-refractivity contribution in [2.45, 2.75) is 64.0 Å². The molecular weight excluding hydrogens is 599 g/mol. The fraction of sp³-hybridized carbons (Fsp3) is 0.414. The topological polar surface area (TPSA) is 18.5 Å². The summed E-state index contributed by atoms with van der Waals surface area (Å²) in [4.78, 5) is 0. The molecular formula is C29H39Cl2O2Si2Zr-. The Morgan fingerprint density at radius 3 is 1.72 bits per heavy atom. The molecule has 0 saturated carbocycles. The fourth-order valence-electron chi connectivity index (χ4n) is 5.25. The van der Waals surface area contributed by atoms with Crippen LogP contribution in [-0.4, -0.2) is 23.2 Å². The first-order chi connectivity index (χ1) is 17.0. The van der Waals surface area contributed by atoms with E-state index in [0.717, 1.165) is 19.4 Å². The van der Waals surface area contributed by atoms with Crippen molar-refractivity contribution >= 4 is 45.8 Å². The van der Waals surface area contributed by atoms with E-state index in [9.17, 15) is 0 Å². The van der Waals surface area contributed by atoms with Gasteiger partial charge in [0.05, 0.1) is 0 Å². The van der Waals surface area contributed by atoms with Gasteiger partial charge in [0.25, 0.3) is 0 Å². The number of rotatable bonds is 10. The minimum absolute atomic E-state index is 0.0776. The Kier molecular flexibility index (Phi) is 11.1. The molecule has 0 spiro atoms. The van der Waals surface area contributed by atoms with Crippen LogP contribution in [0.5, 0.6) is 0 Å². The van der Waals surface area contributed by atoms with Gasteiger partial charge in [-0.2, -0.15) is 6.42 Å². The van der Waals surface area contributed by atoms with Gasteiger partial charge in [-0.3, -0.25) is 0 Å². The second kappa shape index (κ2) is 13.2. The van der Waals surface area contributed by atoms with Gasteiger partial charge in [-0.15, -0.1) is 0 Å². The number of halogens is 2. The van der Waals surface area contributed by atoms with Crippen molar-refractivity contribution in [2.75, 3.05) is 6.61 Å². The van der Waals surface area contributed by atoms with Gasteiger partial charge in [0.15, 0.2) is 8.32 Å². The molecule has 194 valence electrons. The Hall–Kier alpha value is -0.263. The molecule has 0 N–H and O–H groups in total. The molecule has 0 saturated heterocycles. The van der Waals surface area contributed by atoms with Crippen molar-refractivity contribution in [2.24, 2.45) is 5.41 Å². The summed E-state index contributed by atoms with van der Waals surface area (Å²) in [6.07, 6.45) is 11.5. The van der Waals surface area contributed by atoms with E-state index < -0.39 is 37.5 Å². The SMILES string of the molecule is C[Si](C)(C)O[CH-]CCC(CO[Si](C)(C)C)(C1C=Cc2ccccc21)C1C=Cc2ccccc21.[Cl][Zr][Cl]. The van der Waals surface area contributed by atoms with E-state index in [1.165, 1.54) is 22.3 Å². The summed E-state index contributed by atoms with van der Waals surface area (Å²) in [5, 5.41) is 0. The second-order valence-electron chi connectivity index (χ2n) is 11.6. The molecule has 4 rings (SSSR count). The third-order valence-electron chi connectivity index (χ3n) is 6.78. The number of hydrogen-bond acceptors (Lipinski definition) is 2. The summed E-state index contributed by atoms with van der Waals surface area (Å²) in [6, 6.07) is 17.8. The van der Waals surface area contributed by atoms with E-state index >= 15 is 0 Å². The molecule has 2 aromatic carbocycles. The molecule has 0 heterocycles. The molecule has 2 aromatic rings. The summed E-state index contributed by atoms with van der Waals surface area (Å²) in [7, 11) is 6.57. The van der Waals surface area contributed by atoms with Crippen LogP contribution in [0.4, 0.5) is 0 Å². The van der Waals surface area contributed by atoms with E-state index in [2.05, 4.69) is 119 Å². The van der Waals surface area contributed by atoms with Crippen molar-refractivity contribution in [1.29, 1.82) is 0 Å². The van der Waals surface area contributed by atoms with E-state index in [-0.39, 0.29) is 5.41 Å². The number of fused-ring (bicyclic) bond motifs is 2. The standard InChI is InChI=1S/C29H39O2Si2.2ClH.Zr/c1-32(2,3)30-21-11-20-29(22-31-33(4,5)6,27-18-16-23-12-7-9-14-25(23)27)28-19-17-24-13-8-10-15-26(24)28;;;/h7-10,12-19,21,27-28H,11,20,22H2,1-6H3;2*1H;/q-1;;;+2/p-2. The molecule has 2 unspecified atom stereocenters. The third-order valence-corrected chi connectivity index (χ3v) is 8.66. The summed E-state index contributed by atoms with van der Waals surface area (Å²) >= 11 is -0.826. The molecule has 0 aliphatic heterocycles. The molecule has 0 fully saturated rings. The normalized spacial score (nSPS) is 19.8. The van der Waals surface area contributed by atoms with Crippen LogP contribution < -0.4 is 0 Å². The van der Waals surface area contributed by atoms with Gasteiger partial charge in [0, 0.05) is 23.9 Å². The molecule has 2 aliphatic carbocycles. The average molecular weight is 638 g/mol. The first-order valence-electron chi connectivity index (χ1n) is 12.6. The Labute approximate surface area is 239 Å². The zero-order chi connectivity index (χ0) is 26.4.